The van der Waals surface area contributed by atoms with Gasteiger partial charge < -0.3 is 15.0 Å². The number of aromatic nitrogens is 3. The third-order valence-corrected chi connectivity index (χ3v) is 4.05. The Labute approximate surface area is 136 Å². The highest BCUT2D eigenvalue weighted by molar-refractivity contribution is 7.98. The fourth-order valence-electron chi connectivity index (χ4n) is 1.96. The van der Waals surface area contributed by atoms with E-state index in [9.17, 15) is 4.79 Å². The molecule has 0 bridgehead atoms. The third kappa shape index (κ3) is 3.21. The lowest BCUT2D eigenvalue weighted by Crippen LogP contribution is -2.11. The summed E-state index contributed by atoms with van der Waals surface area (Å²) >= 11 is 1.37. The van der Waals surface area contributed by atoms with Gasteiger partial charge in [0.1, 0.15) is 5.76 Å². The van der Waals surface area contributed by atoms with Gasteiger partial charge >= 0.3 is 5.97 Å². The summed E-state index contributed by atoms with van der Waals surface area (Å²) in [4.78, 5) is 11.3. The largest absolute Gasteiger partial charge is 0.463 e. The molecule has 0 unspecified atom stereocenters. The summed E-state index contributed by atoms with van der Waals surface area (Å²) in [6, 6.07) is 12.9. The minimum atomic E-state index is -0.505. The first-order valence-electron chi connectivity index (χ1n) is 6.75. The van der Waals surface area contributed by atoms with Crippen LogP contribution in [-0.2, 0) is 10.5 Å². The maximum absolute atomic E-state index is 11.3. The molecule has 0 fully saturated rings. The van der Waals surface area contributed by atoms with Gasteiger partial charge in [-0.05, 0) is 12.1 Å². The van der Waals surface area contributed by atoms with Crippen LogP contribution in [0.2, 0.25) is 0 Å². The molecule has 2 heterocycles. The molecule has 8 heteroatoms. The Morgan fingerprint density at radius 3 is 2.78 bits per heavy atom. The maximum Gasteiger partial charge on any atom is 0.373 e. The van der Waals surface area contributed by atoms with Crippen LogP contribution in [0.1, 0.15) is 16.3 Å². The number of benzene rings is 1. The number of methoxy groups -OCH3 is 1. The lowest BCUT2D eigenvalue weighted by molar-refractivity contribution is 0.0563. The molecule has 118 valence electrons. The van der Waals surface area contributed by atoms with Crippen LogP contribution >= 0.6 is 11.8 Å². The van der Waals surface area contributed by atoms with Crippen LogP contribution in [0, 0.1) is 0 Å². The average molecular weight is 330 g/mol. The Bertz CT molecular complexity index is 813. The van der Waals surface area contributed by atoms with Gasteiger partial charge in [0.2, 0.25) is 10.9 Å². The van der Waals surface area contributed by atoms with Gasteiger partial charge in [-0.3, -0.25) is 0 Å². The second kappa shape index (κ2) is 6.57. The first-order valence-corrected chi connectivity index (χ1v) is 7.73. The second-order valence-corrected chi connectivity index (χ2v) is 5.53. The summed E-state index contributed by atoms with van der Waals surface area (Å²) in [5.74, 6) is 7.39. The van der Waals surface area contributed by atoms with Crippen LogP contribution < -0.4 is 5.84 Å². The number of carbonyl (C=O) groups excluding carboxylic acids is 1. The van der Waals surface area contributed by atoms with Crippen LogP contribution in [0.15, 0.2) is 52.0 Å². The number of furan rings is 1. The lowest BCUT2D eigenvalue weighted by atomic mass is 10.2. The SMILES string of the molecule is COC(=O)c1ccc(CSc2nnc(-c3ccccc3)n2N)o1. The van der Waals surface area contributed by atoms with E-state index in [2.05, 4.69) is 14.9 Å². The first kappa shape index (κ1) is 15.2. The topological polar surface area (TPSA) is 96.2 Å². The molecule has 7 nitrogen and oxygen atoms in total. The standard InChI is InChI=1S/C15H14N4O3S/c1-21-14(20)12-8-7-11(22-12)9-23-15-18-17-13(19(15)16)10-5-3-2-4-6-10/h2-8H,9,16H2,1H3. The van der Waals surface area contributed by atoms with Crippen molar-refractivity contribution >= 4 is 17.7 Å². The van der Waals surface area contributed by atoms with Gasteiger partial charge in [-0.25, -0.2) is 9.47 Å². The Hall–Kier alpha value is -2.74. The molecule has 0 spiro atoms. The highest BCUT2D eigenvalue weighted by atomic mass is 32.2. The number of thioether (sulfide) groups is 1. The van der Waals surface area contributed by atoms with E-state index < -0.39 is 5.97 Å². The first-order chi connectivity index (χ1) is 11.2. The number of nitrogen functional groups attached to an aromatic ring is 1. The number of rotatable bonds is 5. The maximum atomic E-state index is 11.3. The molecule has 0 radical (unpaired) electrons. The van der Waals surface area contributed by atoms with Crippen molar-refractivity contribution in [3.05, 3.63) is 54.0 Å². The number of hydrogen-bond acceptors (Lipinski definition) is 7. The van der Waals surface area contributed by atoms with E-state index >= 15 is 0 Å². The van der Waals surface area contributed by atoms with Gasteiger partial charge in [-0.2, -0.15) is 0 Å². The predicted octanol–water partition coefficient (Wildman–Crippen LogP) is 2.33. The molecule has 0 atom stereocenters. The molecule has 0 aliphatic heterocycles. The van der Waals surface area contributed by atoms with Gasteiger partial charge in [0.15, 0.2) is 5.82 Å². The summed E-state index contributed by atoms with van der Waals surface area (Å²) < 4.78 is 11.4. The molecule has 0 saturated heterocycles. The quantitative estimate of drug-likeness (QED) is 0.435. The monoisotopic (exact) mass is 330 g/mol. The fourth-order valence-corrected chi connectivity index (χ4v) is 2.71. The van der Waals surface area contributed by atoms with Crippen molar-refractivity contribution in [3.63, 3.8) is 0 Å². The fraction of sp³-hybridized carbons (Fsp3) is 0.133. The van der Waals surface area contributed by atoms with E-state index in [1.165, 1.54) is 23.5 Å². The van der Waals surface area contributed by atoms with E-state index in [4.69, 9.17) is 10.3 Å². The molecule has 1 aromatic carbocycles. The minimum absolute atomic E-state index is 0.169. The van der Waals surface area contributed by atoms with Gasteiger partial charge in [0.05, 0.1) is 12.9 Å². The van der Waals surface area contributed by atoms with Gasteiger partial charge in [0.25, 0.3) is 0 Å². The van der Waals surface area contributed by atoms with Gasteiger partial charge in [-0.15, -0.1) is 10.2 Å². The number of carbonyl (C=O) groups is 1. The number of hydrogen-bond donors (Lipinski definition) is 1. The summed E-state index contributed by atoms with van der Waals surface area (Å²) in [5, 5.41) is 8.75. The Balaban J connectivity index is 1.71. The molecule has 3 aromatic rings. The summed E-state index contributed by atoms with van der Waals surface area (Å²) in [7, 11) is 1.31. The Morgan fingerprint density at radius 1 is 1.26 bits per heavy atom. The Kier molecular flexibility index (Phi) is 4.33. The van der Waals surface area contributed by atoms with Crippen LogP contribution in [0.5, 0.6) is 0 Å². The van der Waals surface area contributed by atoms with Crippen LogP contribution in [0.25, 0.3) is 11.4 Å². The summed E-state index contributed by atoms with van der Waals surface area (Å²) in [5.41, 5.74) is 0.889. The average Bonchev–Trinajstić information content (AvgIpc) is 3.20. The normalized spacial score (nSPS) is 10.7. The summed E-state index contributed by atoms with van der Waals surface area (Å²) in [6.07, 6.45) is 0. The van der Waals surface area contributed by atoms with Crippen LogP contribution in [0.4, 0.5) is 0 Å². The number of esters is 1. The molecule has 2 N–H and O–H groups in total. The lowest BCUT2D eigenvalue weighted by Gasteiger charge is -2.02. The molecular formula is C15H14N4O3S. The zero-order chi connectivity index (χ0) is 16.2. The highest BCUT2D eigenvalue weighted by Crippen LogP contribution is 2.25. The molecule has 23 heavy (non-hydrogen) atoms. The molecular weight excluding hydrogens is 316 g/mol. The van der Waals surface area contributed by atoms with Gasteiger partial charge in [-0.1, -0.05) is 42.1 Å². The van der Waals surface area contributed by atoms with E-state index in [-0.39, 0.29) is 5.76 Å². The zero-order valence-corrected chi connectivity index (χ0v) is 13.1. The number of nitrogens with two attached hydrogens (primary N) is 1. The second-order valence-electron chi connectivity index (χ2n) is 4.59. The molecule has 0 saturated carbocycles. The van der Waals surface area contributed by atoms with Crippen molar-refractivity contribution in [1.82, 2.24) is 14.9 Å². The van der Waals surface area contributed by atoms with Crippen molar-refractivity contribution in [2.45, 2.75) is 10.9 Å². The van der Waals surface area contributed by atoms with Gasteiger partial charge in [0, 0.05) is 5.56 Å². The highest BCUT2D eigenvalue weighted by Gasteiger charge is 2.14. The van der Waals surface area contributed by atoms with Crippen molar-refractivity contribution in [3.8, 4) is 11.4 Å². The molecule has 2 aromatic heterocycles. The van der Waals surface area contributed by atoms with E-state index in [1.54, 1.807) is 12.1 Å². The molecule has 0 amide bonds. The number of ether oxygens (including phenoxy) is 1. The van der Waals surface area contributed by atoms with Crippen LogP contribution in [0.3, 0.4) is 0 Å². The van der Waals surface area contributed by atoms with E-state index in [1.807, 2.05) is 30.3 Å². The smallest absolute Gasteiger partial charge is 0.373 e. The van der Waals surface area contributed by atoms with E-state index in [0.29, 0.717) is 22.5 Å². The zero-order valence-electron chi connectivity index (χ0n) is 12.3. The van der Waals surface area contributed by atoms with Crippen molar-refractivity contribution in [2.75, 3.05) is 13.0 Å². The van der Waals surface area contributed by atoms with Crippen molar-refractivity contribution < 1.29 is 13.9 Å². The molecule has 0 aliphatic carbocycles. The predicted molar refractivity (Wildman–Crippen MR) is 85.2 cm³/mol. The van der Waals surface area contributed by atoms with Crippen molar-refractivity contribution in [1.29, 1.82) is 0 Å². The van der Waals surface area contributed by atoms with Crippen LogP contribution in [-0.4, -0.2) is 28.0 Å². The minimum Gasteiger partial charge on any atom is -0.463 e. The third-order valence-electron chi connectivity index (χ3n) is 3.09. The molecule has 0 aliphatic rings. The van der Waals surface area contributed by atoms with E-state index in [0.717, 1.165) is 5.56 Å². The van der Waals surface area contributed by atoms with Crippen molar-refractivity contribution in [2.24, 2.45) is 0 Å². The summed E-state index contributed by atoms with van der Waals surface area (Å²) in [6.45, 7) is 0. The number of nitrogens with zero attached hydrogens (tertiary/aromatic N) is 3. The molecule has 3 rings (SSSR count). The Morgan fingerprint density at radius 2 is 2.04 bits per heavy atom.